The van der Waals surface area contributed by atoms with E-state index in [-0.39, 0.29) is 6.47 Å². The Morgan fingerprint density at radius 1 is 1.25 bits per heavy atom. The summed E-state index contributed by atoms with van der Waals surface area (Å²) in [5.41, 5.74) is 3.60. The van der Waals surface area contributed by atoms with Gasteiger partial charge in [-0.3, -0.25) is 4.79 Å². The Morgan fingerprint density at radius 2 is 1.81 bits per heavy atom. The SMILES string of the molecule is Cc1ccc(-c2ccsc2Cl)cc1.O=CO. The van der Waals surface area contributed by atoms with Crippen molar-refractivity contribution < 1.29 is 9.90 Å². The van der Waals surface area contributed by atoms with Crippen molar-refractivity contribution in [1.82, 2.24) is 0 Å². The molecule has 2 nitrogen and oxygen atoms in total. The van der Waals surface area contributed by atoms with Crippen LogP contribution < -0.4 is 0 Å². The Hall–Kier alpha value is -1.32. The van der Waals surface area contributed by atoms with Gasteiger partial charge in [0.05, 0.1) is 0 Å². The number of hydrogen-bond donors (Lipinski definition) is 1. The first-order valence-electron chi connectivity index (χ1n) is 4.57. The van der Waals surface area contributed by atoms with Crippen molar-refractivity contribution in [2.75, 3.05) is 0 Å². The molecule has 0 spiro atoms. The van der Waals surface area contributed by atoms with Crippen molar-refractivity contribution in [3.8, 4) is 11.1 Å². The number of benzene rings is 1. The molecule has 0 aliphatic heterocycles. The van der Waals surface area contributed by atoms with E-state index in [0.29, 0.717) is 0 Å². The van der Waals surface area contributed by atoms with Gasteiger partial charge < -0.3 is 5.11 Å². The van der Waals surface area contributed by atoms with Crippen LogP contribution in [-0.4, -0.2) is 11.6 Å². The molecular weight excluding hydrogens is 244 g/mol. The average molecular weight is 255 g/mol. The third kappa shape index (κ3) is 3.36. The summed E-state index contributed by atoms with van der Waals surface area (Å²) in [5.74, 6) is 0. The first kappa shape index (κ1) is 12.7. The fourth-order valence-electron chi connectivity index (χ4n) is 1.23. The first-order valence-corrected chi connectivity index (χ1v) is 5.82. The van der Waals surface area contributed by atoms with Gasteiger partial charge in [0.2, 0.25) is 0 Å². The molecule has 2 rings (SSSR count). The summed E-state index contributed by atoms with van der Waals surface area (Å²) < 4.78 is 0.865. The van der Waals surface area contributed by atoms with Gasteiger partial charge in [-0.1, -0.05) is 41.4 Å². The summed E-state index contributed by atoms with van der Waals surface area (Å²) in [6.07, 6.45) is 0. The van der Waals surface area contributed by atoms with Gasteiger partial charge in [-0.05, 0) is 23.9 Å². The maximum Gasteiger partial charge on any atom is 0.290 e. The molecule has 84 valence electrons. The zero-order chi connectivity index (χ0) is 12.0. The minimum absolute atomic E-state index is 0.250. The fourth-order valence-corrected chi connectivity index (χ4v) is 2.20. The van der Waals surface area contributed by atoms with E-state index in [1.807, 2.05) is 5.38 Å². The van der Waals surface area contributed by atoms with Gasteiger partial charge in [-0.25, -0.2) is 0 Å². The summed E-state index contributed by atoms with van der Waals surface area (Å²) in [4.78, 5) is 8.36. The maximum absolute atomic E-state index is 8.36. The van der Waals surface area contributed by atoms with Crippen LogP contribution in [0.5, 0.6) is 0 Å². The Labute approximate surface area is 103 Å². The summed E-state index contributed by atoms with van der Waals surface area (Å²) in [6, 6.07) is 10.5. The van der Waals surface area contributed by atoms with E-state index in [2.05, 4.69) is 37.3 Å². The van der Waals surface area contributed by atoms with Crippen LogP contribution in [0, 0.1) is 6.92 Å². The quantitative estimate of drug-likeness (QED) is 0.779. The number of rotatable bonds is 1. The van der Waals surface area contributed by atoms with Crippen molar-refractivity contribution >= 4 is 29.4 Å². The molecule has 0 aliphatic carbocycles. The Morgan fingerprint density at radius 3 is 2.25 bits per heavy atom. The lowest BCUT2D eigenvalue weighted by Crippen LogP contribution is -1.75. The lowest BCUT2D eigenvalue weighted by atomic mass is 10.1. The third-order valence-corrected chi connectivity index (χ3v) is 3.15. The van der Waals surface area contributed by atoms with Gasteiger partial charge in [0.1, 0.15) is 4.34 Å². The molecule has 0 unspecified atom stereocenters. The number of thiophene rings is 1. The van der Waals surface area contributed by atoms with E-state index in [0.717, 1.165) is 9.90 Å². The lowest BCUT2D eigenvalue weighted by Gasteiger charge is -1.99. The summed E-state index contributed by atoms with van der Waals surface area (Å²) in [7, 11) is 0. The highest BCUT2D eigenvalue weighted by molar-refractivity contribution is 7.15. The van der Waals surface area contributed by atoms with Crippen LogP contribution >= 0.6 is 22.9 Å². The predicted octanol–water partition coefficient (Wildman–Crippen LogP) is 4.08. The van der Waals surface area contributed by atoms with Crippen LogP contribution in [0.3, 0.4) is 0 Å². The summed E-state index contributed by atoms with van der Waals surface area (Å²) in [5, 5.41) is 8.90. The van der Waals surface area contributed by atoms with Crippen LogP contribution in [0.15, 0.2) is 35.7 Å². The van der Waals surface area contributed by atoms with E-state index >= 15 is 0 Å². The summed E-state index contributed by atoms with van der Waals surface area (Å²) >= 11 is 7.60. The van der Waals surface area contributed by atoms with Gasteiger partial charge >= 0.3 is 0 Å². The molecule has 1 aromatic heterocycles. The Balaban J connectivity index is 0.000000386. The van der Waals surface area contributed by atoms with Gasteiger partial charge in [0, 0.05) is 5.56 Å². The first-order chi connectivity index (χ1) is 7.69. The molecule has 0 radical (unpaired) electrons. The summed E-state index contributed by atoms with van der Waals surface area (Å²) in [6.45, 7) is 1.83. The molecule has 0 bridgehead atoms. The molecule has 0 saturated heterocycles. The monoisotopic (exact) mass is 254 g/mol. The molecule has 16 heavy (non-hydrogen) atoms. The van der Waals surface area contributed by atoms with E-state index in [1.54, 1.807) is 11.3 Å². The van der Waals surface area contributed by atoms with Gasteiger partial charge in [0.15, 0.2) is 0 Å². The zero-order valence-corrected chi connectivity index (χ0v) is 10.3. The smallest absolute Gasteiger partial charge is 0.290 e. The molecule has 0 saturated carbocycles. The van der Waals surface area contributed by atoms with Gasteiger partial charge in [-0.15, -0.1) is 11.3 Å². The largest absolute Gasteiger partial charge is 0.483 e. The lowest BCUT2D eigenvalue weighted by molar-refractivity contribution is -0.122. The molecule has 0 amide bonds. The Kier molecular flexibility index (Phi) is 5.02. The van der Waals surface area contributed by atoms with Gasteiger partial charge in [-0.2, -0.15) is 0 Å². The Bertz CT molecular complexity index is 448. The fraction of sp³-hybridized carbons (Fsp3) is 0.0833. The standard InChI is InChI=1S/C11H9ClS.CH2O2/c1-8-2-4-9(5-3-8)10-6-7-13-11(10)12;2-1-3/h2-7H,1H3;1H,(H,2,3). The average Bonchev–Trinajstić information content (AvgIpc) is 2.67. The minimum atomic E-state index is -0.250. The highest BCUT2D eigenvalue weighted by atomic mass is 35.5. The van der Waals surface area contributed by atoms with E-state index in [1.165, 1.54) is 11.1 Å². The maximum atomic E-state index is 8.36. The second-order valence-corrected chi connectivity index (χ2v) is 4.60. The number of hydrogen-bond acceptors (Lipinski definition) is 2. The number of carbonyl (C=O) groups is 1. The van der Waals surface area contributed by atoms with Crippen LogP contribution in [0.4, 0.5) is 0 Å². The molecule has 0 fully saturated rings. The highest BCUT2D eigenvalue weighted by Gasteiger charge is 2.02. The van der Waals surface area contributed by atoms with Crippen molar-refractivity contribution in [2.45, 2.75) is 6.92 Å². The van der Waals surface area contributed by atoms with Gasteiger partial charge in [0.25, 0.3) is 6.47 Å². The topological polar surface area (TPSA) is 37.3 Å². The second-order valence-electron chi connectivity index (χ2n) is 3.08. The molecule has 1 heterocycles. The molecule has 1 aromatic carbocycles. The highest BCUT2D eigenvalue weighted by Crippen LogP contribution is 2.32. The van der Waals surface area contributed by atoms with Crippen LogP contribution in [-0.2, 0) is 4.79 Å². The molecule has 4 heteroatoms. The number of aryl methyl sites for hydroxylation is 1. The second kappa shape index (κ2) is 6.30. The minimum Gasteiger partial charge on any atom is -0.483 e. The van der Waals surface area contributed by atoms with Crippen LogP contribution in [0.2, 0.25) is 4.34 Å². The molecule has 0 atom stereocenters. The van der Waals surface area contributed by atoms with Crippen molar-refractivity contribution in [3.05, 3.63) is 45.6 Å². The van der Waals surface area contributed by atoms with E-state index in [4.69, 9.17) is 21.5 Å². The number of halogens is 1. The molecule has 2 aromatic rings. The van der Waals surface area contributed by atoms with Crippen molar-refractivity contribution in [2.24, 2.45) is 0 Å². The van der Waals surface area contributed by atoms with Crippen molar-refractivity contribution in [3.63, 3.8) is 0 Å². The normalized spacial score (nSPS) is 9.12. The van der Waals surface area contributed by atoms with Crippen LogP contribution in [0.1, 0.15) is 5.56 Å². The van der Waals surface area contributed by atoms with E-state index in [9.17, 15) is 0 Å². The number of carboxylic acid groups (broad SMARTS) is 1. The predicted molar refractivity (Wildman–Crippen MR) is 68.2 cm³/mol. The van der Waals surface area contributed by atoms with E-state index < -0.39 is 0 Å². The molecule has 1 N–H and O–H groups in total. The van der Waals surface area contributed by atoms with Crippen LogP contribution in [0.25, 0.3) is 11.1 Å². The third-order valence-electron chi connectivity index (χ3n) is 1.98. The van der Waals surface area contributed by atoms with Crippen molar-refractivity contribution in [1.29, 1.82) is 0 Å². The molecule has 0 aliphatic rings. The molecular formula is C12H11ClO2S. The zero-order valence-electron chi connectivity index (χ0n) is 8.68.